The van der Waals surface area contributed by atoms with Gasteiger partial charge in [0.15, 0.2) is 0 Å². The largest absolute Gasteiger partial charge is 0.497 e. The summed E-state index contributed by atoms with van der Waals surface area (Å²) >= 11 is 0. The Morgan fingerprint density at radius 1 is 1.12 bits per heavy atom. The van der Waals surface area contributed by atoms with Gasteiger partial charge in [-0.1, -0.05) is 13.0 Å². The molecule has 6 nitrogen and oxygen atoms in total. The summed E-state index contributed by atoms with van der Waals surface area (Å²) in [6.07, 6.45) is 0.829. The SMILES string of the molecule is CCCNC(=O)c1cccc(NS(=O)(=O)c2ccc(OC)cc2)c1. The topological polar surface area (TPSA) is 84.5 Å². The predicted molar refractivity (Wildman–Crippen MR) is 92.9 cm³/mol. The molecule has 0 aromatic heterocycles. The van der Waals surface area contributed by atoms with Crippen LogP contribution in [0.5, 0.6) is 5.75 Å². The third-order valence-electron chi connectivity index (χ3n) is 3.28. The van der Waals surface area contributed by atoms with Gasteiger partial charge in [0.1, 0.15) is 5.75 Å². The number of ether oxygens (including phenoxy) is 1. The van der Waals surface area contributed by atoms with E-state index in [1.165, 1.54) is 25.3 Å². The molecule has 128 valence electrons. The van der Waals surface area contributed by atoms with Crippen LogP contribution in [0.2, 0.25) is 0 Å². The van der Waals surface area contributed by atoms with Crippen LogP contribution in [0.15, 0.2) is 53.4 Å². The Hall–Kier alpha value is -2.54. The van der Waals surface area contributed by atoms with Crippen molar-refractivity contribution in [3.05, 3.63) is 54.1 Å². The number of anilines is 1. The van der Waals surface area contributed by atoms with Crippen molar-refractivity contribution < 1.29 is 17.9 Å². The average molecular weight is 348 g/mol. The highest BCUT2D eigenvalue weighted by atomic mass is 32.2. The molecule has 0 fully saturated rings. The molecule has 0 aliphatic heterocycles. The standard InChI is InChI=1S/C17H20N2O4S/c1-3-11-18-17(20)13-5-4-6-14(12-13)19-24(21,22)16-9-7-15(23-2)8-10-16/h4-10,12,19H,3,11H2,1-2H3,(H,18,20). The molecule has 0 spiro atoms. The number of hydrogen-bond acceptors (Lipinski definition) is 4. The van der Waals surface area contributed by atoms with Crippen LogP contribution in [0.1, 0.15) is 23.7 Å². The molecule has 1 amide bonds. The molecule has 24 heavy (non-hydrogen) atoms. The lowest BCUT2D eigenvalue weighted by Crippen LogP contribution is -2.24. The third kappa shape index (κ3) is 4.48. The summed E-state index contributed by atoms with van der Waals surface area (Å²) in [6.45, 7) is 2.53. The molecule has 2 N–H and O–H groups in total. The Labute approximate surface area is 141 Å². The quantitative estimate of drug-likeness (QED) is 0.805. The van der Waals surface area contributed by atoms with Gasteiger partial charge in [-0.3, -0.25) is 9.52 Å². The van der Waals surface area contributed by atoms with Crippen LogP contribution in [0.4, 0.5) is 5.69 Å². The molecule has 0 heterocycles. The summed E-state index contributed by atoms with van der Waals surface area (Å²) in [5, 5.41) is 2.75. The number of nitrogens with one attached hydrogen (secondary N) is 2. The number of carbonyl (C=O) groups is 1. The lowest BCUT2D eigenvalue weighted by molar-refractivity contribution is 0.0953. The molecule has 0 bridgehead atoms. The van der Waals surface area contributed by atoms with Gasteiger partial charge in [-0.05, 0) is 48.9 Å². The second-order valence-corrected chi connectivity index (χ2v) is 6.80. The van der Waals surface area contributed by atoms with E-state index in [9.17, 15) is 13.2 Å². The number of carbonyl (C=O) groups excluding carboxylic acids is 1. The van der Waals surface area contributed by atoms with Crippen LogP contribution in [0, 0.1) is 0 Å². The lowest BCUT2D eigenvalue weighted by Gasteiger charge is -2.10. The molecule has 0 radical (unpaired) electrons. The maximum Gasteiger partial charge on any atom is 0.261 e. The maximum absolute atomic E-state index is 12.4. The zero-order chi connectivity index (χ0) is 17.6. The highest BCUT2D eigenvalue weighted by Gasteiger charge is 2.15. The Balaban J connectivity index is 2.18. The van der Waals surface area contributed by atoms with E-state index in [2.05, 4.69) is 10.0 Å². The molecule has 2 rings (SSSR count). The van der Waals surface area contributed by atoms with Crippen molar-refractivity contribution in [2.75, 3.05) is 18.4 Å². The number of sulfonamides is 1. The average Bonchev–Trinajstić information content (AvgIpc) is 2.59. The van der Waals surface area contributed by atoms with E-state index >= 15 is 0 Å². The summed E-state index contributed by atoms with van der Waals surface area (Å²) in [6, 6.07) is 12.4. The van der Waals surface area contributed by atoms with Crippen LogP contribution in [0.3, 0.4) is 0 Å². The Morgan fingerprint density at radius 2 is 1.83 bits per heavy atom. The van der Waals surface area contributed by atoms with Crippen molar-refractivity contribution in [1.82, 2.24) is 5.32 Å². The van der Waals surface area contributed by atoms with E-state index in [-0.39, 0.29) is 10.8 Å². The molecule has 0 unspecified atom stereocenters. The van der Waals surface area contributed by atoms with Gasteiger partial charge in [-0.15, -0.1) is 0 Å². The molecule has 0 saturated heterocycles. The maximum atomic E-state index is 12.4. The second kappa shape index (κ2) is 7.83. The predicted octanol–water partition coefficient (Wildman–Crippen LogP) is 2.64. The Kier molecular flexibility index (Phi) is 5.81. The van der Waals surface area contributed by atoms with Gasteiger partial charge in [0, 0.05) is 17.8 Å². The normalized spacial score (nSPS) is 10.9. The fraction of sp³-hybridized carbons (Fsp3) is 0.235. The molecular weight excluding hydrogens is 328 g/mol. The fourth-order valence-electron chi connectivity index (χ4n) is 2.03. The summed E-state index contributed by atoms with van der Waals surface area (Å²) < 4.78 is 32.3. The van der Waals surface area contributed by atoms with Crippen molar-refractivity contribution >= 4 is 21.6 Å². The zero-order valence-corrected chi connectivity index (χ0v) is 14.4. The van der Waals surface area contributed by atoms with Crippen molar-refractivity contribution in [1.29, 1.82) is 0 Å². The summed E-state index contributed by atoms with van der Waals surface area (Å²) in [5.74, 6) is 0.339. The first kappa shape index (κ1) is 17.8. The summed E-state index contributed by atoms with van der Waals surface area (Å²) in [4.78, 5) is 12.1. The minimum Gasteiger partial charge on any atom is -0.497 e. The van der Waals surface area contributed by atoms with E-state index < -0.39 is 10.0 Å². The first-order valence-electron chi connectivity index (χ1n) is 7.51. The molecule has 0 atom stereocenters. The first-order valence-corrected chi connectivity index (χ1v) is 8.99. The third-order valence-corrected chi connectivity index (χ3v) is 4.68. The first-order chi connectivity index (χ1) is 11.5. The molecular formula is C17H20N2O4S. The molecule has 7 heteroatoms. The highest BCUT2D eigenvalue weighted by Crippen LogP contribution is 2.19. The van der Waals surface area contributed by atoms with Crippen molar-refractivity contribution in [3.8, 4) is 5.75 Å². The van der Waals surface area contributed by atoms with Crippen LogP contribution in [-0.4, -0.2) is 28.0 Å². The van der Waals surface area contributed by atoms with Gasteiger partial charge in [0.05, 0.1) is 12.0 Å². The second-order valence-electron chi connectivity index (χ2n) is 5.12. The number of methoxy groups -OCH3 is 1. The van der Waals surface area contributed by atoms with E-state index in [0.717, 1.165) is 6.42 Å². The summed E-state index contributed by atoms with van der Waals surface area (Å²) in [7, 11) is -2.22. The molecule has 0 saturated carbocycles. The number of rotatable bonds is 7. The van der Waals surface area contributed by atoms with Crippen molar-refractivity contribution in [2.24, 2.45) is 0 Å². The smallest absolute Gasteiger partial charge is 0.261 e. The molecule has 0 aliphatic rings. The summed E-state index contributed by atoms with van der Waals surface area (Å²) in [5.41, 5.74) is 0.730. The van der Waals surface area contributed by atoms with Gasteiger partial charge < -0.3 is 10.1 Å². The molecule has 2 aromatic carbocycles. The number of hydrogen-bond donors (Lipinski definition) is 2. The van der Waals surface area contributed by atoms with Gasteiger partial charge in [0.25, 0.3) is 15.9 Å². The van der Waals surface area contributed by atoms with E-state index in [4.69, 9.17) is 4.74 Å². The highest BCUT2D eigenvalue weighted by molar-refractivity contribution is 7.92. The number of benzene rings is 2. The zero-order valence-electron chi connectivity index (χ0n) is 13.6. The van der Waals surface area contributed by atoms with Crippen LogP contribution < -0.4 is 14.8 Å². The number of amides is 1. The van der Waals surface area contributed by atoms with E-state index in [0.29, 0.717) is 23.5 Å². The minimum atomic E-state index is -3.73. The Morgan fingerprint density at radius 3 is 2.46 bits per heavy atom. The van der Waals surface area contributed by atoms with Gasteiger partial charge in [0.2, 0.25) is 0 Å². The van der Waals surface area contributed by atoms with Crippen molar-refractivity contribution in [2.45, 2.75) is 18.2 Å². The molecule has 0 aliphatic carbocycles. The molecule has 2 aromatic rings. The van der Waals surface area contributed by atoms with Crippen molar-refractivity contribution in [3.63, 3.8) is 0 Å². The van der Waals surface area contributed by atoms with Crippen LogP contribution in [-0.2, 0) is 10.0 Å². The Bertz CT molecular complexity index is 802. The van der Waals surface area contributed by atoms with Gasteiger partial charge in [-0.25, -0.2) is 8.42 Å². The fourth-order valence-corrected chi connectivity index (χ4v) is 3.08. The minimum absolute atomic E-state index is 0.115. The monoisotopic (exact) mass is 348 g/mol. The van der Waals surface area contributed by atoms with Gasteiger partial charge in [-0.2, -0.15) is 0 Å². The van der Waals surface area contributed by atoms with E-state index in [1.807, 2.05) is 6.92 Å². The van der Waals surface area contributed by atoms with Crippen LogP contribution >= 0.6 is 0 Å². The van der Waals surface area contributed by atoms with Gasteiger partial charge >= 0.3 is 0 Å². The van der Waals surface area contributed by atoms with Crippen LogP contribution in [0.25, 0.3) is 0 Å². The van der Waals surface area contributed by atoms with E-state index in [1.54, 1.807) is 30.3 Å². The lowest BCUT2D eigenvalue weighted by atomic mass is 10.2.